The number of benzene rings is 2. The summed E-state index contributed by atoms with van der Waals surface area (Å²) in [6.07, 6.45) is 0.486. The lowest BCUT2D eigenvalue weighted by Gasteiger charge is -2.10. The Kier molecular flexibility index (Phi) is 3.95. The molecule has 0 atom stereocenters. The van der Waals surface area contributed by atoms with Gasteiger partial charge in [0.2, 0.25) is 0 Å². The van der Waals surface area contributed by atoms with Gasteiger partial charge >= 0.3 is 0 Å². The molecule has 1 aromatic heterocycles. The highest BCUT2D eigenvalue weighted by Gasteiger charge is 2.16. The highest BCUT2D eigenvalue weighted by Crippen LogP contribution is 2.29. The summed E-state index contributed by atoms with van der Waals surface area (Å²) in [5.74, 6) is 0.266. The van der Waals surface area contributed by atoms with Crippen LogP contribution in [0.25, 0.3) is 16.7 Å². The van der Waals surface area contributed by atoms with E-state index in [9.17, 15) is 8.78 Å². The van der Waals surface area contributed by atoms with Crippen LogP contribution in [0.5, 0.6) is 0 Å². The third-order valence-electron chi connectivity index (χ3n) is 3.17. The molecule has 0 spiro atoms. The maximum absolute atomic E-state index is 13.9. The molecule has 0 amide bonds. The number of imidazole rings is 1. The number of hydrogen-bond donors (Lipinski definition) is 0. The minimum absolute atomic E-state index is 0.286. The van der Waals surface area contributed by atoms with Crippen LogP contribution in [0.1, 0.15) is 5.82 Å². The van der Waals surface area contributed by atoms with Crippen molar-refractivity contribution in [1.29, 1.82) is 0 Å². The van der Waals surface area contributed by atoms with Gasteiger partial charge in [-0.1, -0.05) is 6.07 Å². The molecule has 108 valence electrons. The summed E-state index contributed by atoms with van der Waals surface area (Å²) in [5, 5.41) is 0. The van der Waals surface area contributed by atoms with E-state index >= 15 is 0 Å². The van der Waals surface area contributed by atoms with Crippen LogP contribution < -0.4 is 0 Å². The molecule has 21 heavy (non-hydrogen) atoms. The minimum Gasteiger partial charge on any atom is -0.295 e. The van der Waals surface area contributed by atoms with E-state index in [1.807, 2.05) is 0 Å². The second kappa shape index (κ2) is 5.73. The van der Waals surface area contributed by atoms with Gasteiger partial charge in [-0.3, -0.25) is 4.57 Å². The monoisotopic (exact) mass is 370 g/mol. The van der Waals surface area contributed by atoms with Crippen LogP contribution in [-0.2, 0) is 6.42 Å². The second-order valence-corrected chi connectivity index (χ2v) is 5.74. The average molecular weight is 372 g/mol. The predicted molar refractivity (Wildman–Crippen MR) is 83.1 cm³/mol. The summed E-state index contributed by atoms with van der Waals surface area (Å²) in [4.78, 5) is 4.33. The molecule has 2 aromatic carbocycles. The highest BCUT2D eigenvalue weighted by atomic mass is 79.9. The molecule has 0 aliphatic heterocycles. The molecule has 0 saturated carbocycles. The fraction of sp³-hybridized carbons (Fsp3) is 0.133. The quantitative estimate of drug-likeness (QED) is 0.602. The molecule has 0 radical (unpaired) electrons. The molecule has 0 unspecified atom stereocenters. The SMILES string of the molecule is Fc1ccc(-n2c(CCCl)nc3c(F)cccc32)c(Br)c1. The fourth-order valence-electron chi connectivity index (χ4n) is 2.30. The summed E-state index contributed by atoms with van der Waals surface area (Å²) in [5.41, 5.74) is 1.61. The third kappa shape index (κ3) is 2.56. The van der Waals surface area contributed by atoms with Crippen molar-refractivity contribution in [3.63, 3.8) is 0 Å². The van der Waals surface area contributed by atoms with Crippen molar-refractivity contribution in [2.24, 2.45) is 0 Å². The van der Waals surface area contributed by atoms with Crippen LogP contribution in [0.15, 0.2) is 40.9 Å². The normalized spacial score (nSPS) is 11.2. The molecule has 0 bridgehead atoms. The largest absolute Gasteiger partial charge is 0.295 e. The van der Waals surface area contributed by atoms with Crippen molar-refractivity contribution < 1.29 is 8.78 Å². The van der Waals surface area contributed by atoms with Gasteiger partial charge in [0.25, 0.3) is 0 Å². The molecule has 3 aromatic rings. The molecule has 0 saturated heterocycles. The number of aryl methyl sites for hydroxylation is 1. The van der Waals surface area contributed by atoms with E-state index in [1.54, 1.807) is 22.8 Å². The molecule has 0 N–H and O–H groups in total. The molecule has 3 rings (SSSR count). The first-order valence-electron chi connectivity index (χ1n) is 6.29. The molecule has 2 nitrogen and oxygen atoms in total. The van der Waals surface area contributed by atoms with Crippen molar-refractivity contribution in [3.05, 3.63) is 58.3 Å². The van der Waals surface area contributed by atoms with Crippen LogP contribution >= 0.6 is 27.5 Å². The van der Waals surface area contributed by atoms with E-state index in [4.69, 9.17) is 11.6 Å². The van der Waals surface area contributed by atoms with E-state index in [0.29, 0.717) is 33.8 Å². The lowest BCUT2D eigenvalue weighted by atomic mass is 10.2. The van der Waals surface area contributed by atoms with Gasteiger partial charge in [0.1, 0.15) is 17.2 Å². The van der Waals surface area contributed by atoms with Gasteiger partial charge in [0.15, 0.2) is 5.82 Å². The summed E-state index contributed by atoms with van der Waals surface area (Å²) in [6, 6.07) is 9.12. The summed E-state index contributed by atoms with van der Waals surface area (Å²) in [7, 11) is 0. The smallest absolute Gasteiger partial charge is 0.151 e. The first-order valence-corrected chi connectivity index (χ1v) is 7.62. The average Bonchev–Trinajstić information content (AvgIpc) is 2.79. The Bertz CT molecular complexity index is 817. The van der Waals surface area contributed by atoms with E-state index in [-0.39, 0.29) is 17.2 Å². The Balaban J connectivity index is 2.33. The lowest BCUT2D eigenvalue weighted by Crippen LogP contribution is -2.03. The van der Waals surface area contributed by atoms with Crippen LogP contribution in [0.2, 0.25) is 0 Å². The molecule has 0 fully saturated rings. The van der Waals surface area contributed by atoms with Crippen LogP contribution in [-0.4, -0.2) is 15.4 Å². The Morgan fingerprint density at radius 2 is 2.00 bits per heavy atom. The minimum atomic E-state index is -0.389. The van der Waals surface area contributed by atoms with Gasteiger partial charge in [0.05, 0.1) is 11.2 Å². The van der Waals surface area contributed by atoms with Crippen molar-refractivity contribution >= 4 is 38.6 Å². The zero-order valence-electron chi connectivity index (χ0n) is 10.8. The second-order valence-electron chi connectivity index (χ2n) is 4.51. The number of para-hydroxylation sites is 1. The number of hydrogen-bond acceptors (Lipinski definition) is 1. The molecule has 1 heterocycles. The number of rotatable bonds is 3. The predicted octanol–water partition coefficient (Wildman–Crippen LogP) is 4.85. The number of nitrogens with zero attached hydrogens (tertiary/aromatic N) is 2. The van der Waals surface area contributed by atoms with E-state index in [0.717, 1.165) is 0 Å². The van der Waals surface area contributed by atoms with Gasteiger partial charge in [0, 0.05) is 16.8 Å². The Labute approximate surface area is 133 Å². The van der Waals surface area contributed by atoms with Crippen LogP contribution in [0.3, 0.4) is 0 Å². The van der Waals surface area contributed by atoms with Crippen molar-refractivity contribution in [2.75, 3.05) is 5.88 Å². The van der Waals surface area contributed by atoms with Gasteiger partial charge < -0.3 is 0 Å². The van der Waals surface area contributed by atoms with Crippen LogP contribution in [0.4, 0.5) is 8.78 Å². The summed E-state index contributed by atoms with van der Waals surface area (Å²) < 4.78 is 29.6. The Morgan fingerprint density at radius 1 is 1.19 bits per heavy atom. The van der Waals surface area contributed by atoms with Gasteiger partial charge in [-0.25, -0.2) is 13.8 Å². The third-order valence-corrected chi connectivity index (χ3v) is 4.00. The van der Waals surface area contributed by atoms with Crippen molar-refractivity contribution in [2.45, 2.75) is 6.42 Å². The first kappa shape index (κ1) is 14.5. The molecular formula is C15H10BrClF2N2. The van der Waals surface area contributed by atoms with Crippen molar-refractivity contribution in [1.82, 2.24) is 9.55 Å². The summed E-state index contributed by atoms with van der Waals surface area (Å²) >= 11 is 9.15. The summed E-state index contributed by atoms with van der Waals surface area (Å²) in [6.45, 7) is 0. The lowest BCUT2D eigenvalue weighted by molar-refractivity contribution is 0.626. The molecule has 0 aliphatic carbocycles. The Hall–Kier alpha value is -1.46. The topological polar surface area (TPSA) is 17.8 Å². The number of fused-ring (bicyclic) bond motifs is 1. The number of aromatic nitrogens is 2. The van der Waals surface area contributed by atoms with Crippen LogP contribution in [0, 0.1) is 11.6 Å². The number of alkyl halides is 1. The molecular weight excluding hydrogens is 362 g/mol. The number of halogens is 4. The standard InChI is InChI=1S/C15H10BrClF2N2/c16-10-8-9(18)4-5-12(10)21-13-3-1-2-11(19)15(13)20-14(21)6-7-17/h1-5,8H,6-7H2. The van der Waals surface area contributed by atoms with Gasteiger partial charge in [-0.05, 0) is 46.3 Å². The maximum Gasteiger partial charge on any atom is 0.151 e. The zero-order chi connectivity index (χ0) is 15.0. The maximum atomic E-state index is 13.9. The molecule has 6 heteroatoms. The fourth-order valence-corrected chi connectivity index (χ4v) is 2.99. The highest BCUT2D eigenvalue weighted by molar-refractivity contribution is 9.10. The van der Waals surface area contributed by atoms with E-state index in [2.05, 4.69) is 20.9 Å². The van der Waals surface area contributed by atoms with Gasteiger partial charge in [-0.2, -0.15) is 0 Å². The Morgan fingerprint density at radius 3 is 2.71 bits per heavy atom. The van der Waals surface area contributed by atoms with Gasteiger partial charge in [-0.15, -0.1) is 11.6 Å². The zero-order valence-corrected chi connectivity index (χ0v) is 13.1. The van der Waals surface area contributed by atoms with Crippen molar-refractivity contribution in [3.8, 4) is 5.69 Å². The van der Waals surface area contributed by atoms with E-state index < -0.39 is 0 Å². The molecule has 0 aliphatic rings. The first-order chi connectivity index (χ1) is 10.1. The van der Waals surface area contributed by atoms with E-state index in [1.165, 1.54) is 18.2 Å².